The van der Waals surface area contributed by atoms with E-state index in [4.69, 9.17) is 0 Å². The lowest BCUT2D eigenvalue weighted by molar-refractivity contribution is -0.148. The number of carbonyl (C=O) groups is 2. The molecular formula is C18H21N3O3. The van der Waals surface area contributed by atoms with E-state index in [0.29, 0.717) is 13.0 Å². The highest BCUT2D eigenvalue weighted by Gasteiger charge is 2.35. The van der Waals surface area contributed by atoms with Crippen LogP contribution in [0.15, 0.2) is 42.7 Å². The molecule has 1 aromatic heterocycles. The van der Waals surface area contributed by atoms with Gasteiger partial charge in [-0.15, -0.1) is 0 Å². The Bertz CT molecular complexity index is 710. The maximum absolute atomic E-state index is 12.6. The number of aliphatic carboxylic acids is 1. The minimum Gasteiger partial charge on any atom is -0.481 e. The molecule has 24 heavy (non-hydrogen) atoms. The third-order valence-corrected chi connectivity index (χ3v) is 4.69. The van der Waals surface area contributed by atoms with Gasteiger partial charge in [0.1, 0.15) is 0 Å². The molecule has 6 nitrogen and oxygen atoms in total. The number of carboxylic acids is 1. The van der Waals surface area contributed by atoms with Crippen molar-refractivity contribution in [3.8, 4) is 5.69 Å². The first-order valence-electron chi connectivity index (χ1n) is 8.17. The van der Waals surface area contributed by atoms with Crippen LogP contribution in [0.1, 0.15) is 25.3 Å². The molecule has 1 aromatic carbocycles. The van der Waals surface area contributed by atoms with Gasteiger partial charge in [-0.2, -0.15) is 5.10 Å². The zero-order chi connectivity index (χ0) is 17.1. The summed E-state index contributed by atoms with van der Waals surface area (Å²) >= 11 is 0. The average Bonchev–Trinajstić information content (AvgIpc) is 3.10. The number of nitrogens with zero attached hydrogens (tertiary/aromatic N) is 3. The Hall–Kier alpha value is -2.63. The maximum atomic E-state index is 12.6. The van der Waals surface area contributed by atoms with Crippen molar-refractivity contribution >= 4 is 11.9 Å². The zero-order valence-electron chi connectivity index (χ0n) is 13.6. The van der Waals surface area contributed by atoms with E-state index in [1.165, 1.54) is 0 Å². The van der Waals surface area contributed by atoms with Crippen molar-refractivity contribution in [3.63, 3.8) is 0 Å². The van der Waals surface area contributed by atoms with Gasteiger partial charge in [-0.3, -0.25) is 9.59 Å². The number of aromatic nitrogens is 2. The van der Waals surface area contributed by atoms with Gasteiger partial charge in [0.2, 0.25) is 5.91 Å². The minimum atomic E-state index is -0.816. The molecule has 0 radical (unpaired) electrons. The summed E-state index contributed by atoms with van der Waals surface area (Å²) in [6, 6.07) is 9.28. The largest absolute Gasteiger partial charge is 0.481 e. The molecule has 2 heterocycles. The molecule has 1 aliphatic heterocycles. The van der Waals surface area contributed by atoms with E-state index in [-0.39, 0.29) is 18.4 Å². The third kappa shape index (κ3) is 3.32. The topological polar surface area (TPSA) is 75.4 Å². The van der Waals surface area contributed by atoms with E-state index in [1.54, 1.807) is 15.8 Å². The normalized spacial score (nSPS) is 20.8. The van der Waals surface area contributed by atoms with Crippen LogP contribution in [0.25, 0.3) is 5.69 Å². The second-order valence-electron chi connectivity index (χ2n) is 6.21. The SMILES string of the molecule is C[C@@H]1[C@H](C(=O)O)CCCN1C(=O)Cc1ccc(-n2cccn2)cc1. The van der Waals surface area contributed by atoms with Gasteiger partial charge in [0, 0.05) is 25.0 Å². The minimum absolute atomic E-state index is 0.0136. The van der Waals surface area contributed by atoms with Crippen LogP contribution in [0.3, 0.4) is 0 Å². The fourth-order valence-corrected chi connectivity index (χ4v) is 3.29. The van der Waals surface area contributed by atoms with Crippen LogP contribution in [0.4, 0.5) is 0 Å². The van der Waals surface area contributed by atoms with Crippen LogP contribution < -0.4 is 0 Å². The summed E-state index contributed by atoms with van der Waals surface area (Å²) < 4.78 is 1.76. The van der Waals surface area contributed by atoms with Crippen molar-refractivity contribution < 1.29 is 14.7 Å². The summed E-state index contributed by atoms with van der Waals surface area (Å²) in [6.45, 7) is 2.46. The maximum Gasteiger partial charge on any atom is 0.308 e. The molecule has 126 valence electrons. The number of carbonyl (C=O) groups excluding carboxylic acids is 1. The van der Waals surface area contributed by atoms with Gasteiger partial charge < -0.3 is 10.0 Å². The van der Waals surface area contributed by atoms with Crippen LogP contribution in [-0.2, 0) is 16.0 Å². The van der Waals surface area contributed by atoms with Crippen LogP contribution in [0.2, 0.25) is 0 Å². The molecular weight excluding hydrogens is 306 g/mol. The number of hydrogen-bond donors (Lipinski definition) is 1. The first-order chi connectivity index (χ1) is 11.6. The van der Waals surface area contributed by atoms with Crippen molar-refractivity contribution in [1.29, 1.82) is 0 Å². The molecule has 1 N–H and O–H groups in total. The Labute approximate surface area is 140 Å². The Morgan fingerprint density at radius 1 is 1.29 bits per heavy atom. The summed E-state index contributed by atoms with van der Waals surface area (Å²) in [5.41, 5.74) is 1.86. The van der Waals surface area contributed by atoms with Crippen LogP contribution in [-0.4, -0.2) is 44.3 Å². The number of benzene rings is 1. The van der Waals surface area contributed by atoms with Gasteiger partial charge in [0.25, 0.3) is 0 Å². The molecule has 0 unspecified atom stereocenters. The quantitative estimate of drug-likeness (QED) is 0.933. The fourth-order valence-electron chi connectivity index (χ4n) is 3.29. The van der Waals surface area contributed by atoms with Crippen molar-refractivity contribution in [1.82, 2.24) is 14.7 Å². The Morgan fingerprint density at radius 3 is 2.67 bits per heavy atom. The summed E-state index contributed by atoms with van der Waals surface area (Å²) in [6.07, 6.45) is 5.25. The Kier molecular flexibility index (Phi) is 4.64. The lowest BCUT2D eigenvalue weighted by Gasteiger charge is -2.37. The first-order valence-corrected chi connectivity index (χ1v) is 8.17. The molecule has 0 bridgehead atoms. The number of rotatable bonds is 4. The molecule has 6 heteroatoms. The average molecular weight is 327 g/mol. The molecule has 1 fully saturated rings. The molecule has 3 rings (SSSR count). The zero-order valence-corrected chi connectivity index (χ0v) is 13.6. The molecule has 0 spiro atoms. The summed E-state index contributed by atoms with van der Waals surface area (Å²) in [4.78, 5) is 25.6. The summed E-state index contributed by atoms with van der Waals surface area (Å²) in [5, 5.41) is 13.4. The van der Waals surface area contributed by atoms with Crippen molar-refractivity contribution in [2.24, 2.45) is 5.92 Å². The molecule has 1 saturated heterocycles. The van der Waals surface area contributed by atoms with Gasteiger partial charge in [-0.1, -0.05) is 12.1 Å². The van der Waals surface area contributed by atoms with Crippen molar-refractivity contribution in [2.45, 2.75) is 32.2 Å². The van der Waals surface area contributed by atoms with Gasteiger partial charge in [0.15, 0.2) is 0 Å². The molecule has 0 aliphatic carbocycles. The number of carboxylic acid groups (broad SMARTS) is 1. The lowest BCUT2D eigenvalue weighted by Crippen LogP contribution is -2.49. The van der Waals surface area contributed by atoms with E-state index >= 15 is 0 Å². The van der Waals surface area contributed by atoms with Gasteiger partial charge >= 0.3 is 5.97 Å². The lowest BCUT2D eigenvalue weighted by atomic mass is 9.90. The smallest absolute Gasteiger partial charge is 0.308 e. The van der Waals surface area contributed by atoms with Crippen molar-refractivity contribution in [3.05, 3.63) is 48.3 Å². The van der Waals surface area contributed by atoms with Crippen molar-refractivity contribution in [2.75, 3.05) is 6.54 Å². The monoisotopic (exact) mass is 327 g/mol. The fraction of sp³-hybridized carbons (Fsp3) is 0.389. The standard InChI is InChI=1S/C18H21N3O3/c1-13-16(18(23)24)4-2-10-20(13)17(22)12-14-5-7-15(8-6-14)21-11-3-9-19-21/h3,5-9,11,13,16H,2,4,10,12H2,1H3,(H,23,24)/t13-,16-/m1/s1. The van der Waals surface area contributed by atoms with Gasteiger partial charge in [0.05, 0.1) is 18.0 Å². The predicted molar refractivity (Wildman–Crippen MR) is 88.8 cm³/mol. The number of piperidine rings is 1. The van der Waals surface area contributed by atoms with Gasteiger partial charge in [-0.05, 0) is 43.5 Å². The van der Waals surface area contributed by atoms with E-state index in [2.05, 4.69) is 5.10 Å². The Balaban J connectivity index is 1.67. The Morgan fingerprint density at radius 2 is 2.04 bits per heavy atom. The van der Waals surface area contributed by atoms with Crippen LogP contribution in [0.5, 0.6) is 0 Å². The number of hydrogen-bond acceptors (Lipinski definition) is 3. The van der Waals surface area contributed by atoms with Gasteiger partial charge in [-0.25, -0.2) is 4.68 Å². The van der Waals surface area contributed by atoms with E-state index in [1.807, 2.05) is 43.5 Å². The molecule has 1 aliphatic rings. The second-order valence-corrected chi connectivity index (χ2v) is 6.21. The predicted octanol–water partition coefficient (Wildman–Crippen LogP) is 2.13. The highest BCUT2D eigenvalue weighted by molar-refractivity contribution is 5.80. The highest BCUT2D eigenvalue weighted by atomic mass is 16.4. The number of amides is 1. The van der Waals surface area contributed by atoms with E-state index in [9.17, 15) is 14.7 Å². The number of likely N-dealkylation sites (tertiary alicyclic amines) is 1. The third-order valence-electron chi connectivity index (χ3n) is 4.69. The first kappa shape index (κ1) is 16.2. The molecule has 1 amide bonds. The van der Waals surface area contributed by atoms with E-state index in [0.717, 1.165) is 17.7 Å². The molecule has 2 atom stereocenters. The highest BCUT2D eigenvalue weighted by Crippen LogP contribution is 2.24. The van der Waals surface area contributed by atoms with Crippen LogP contribution >= 0.6 is 0 Å². The molecule has 0 saturated carbocycles. The summed E-state index contributed by atoms with van der Waals surface area (Å²) in [7, 11) is 0. The second kappa shape index (κ2) is 6.86. The van der Waals surface area contributed by atoms with E-state index < -0.39 is 11.9 Å². The summed E-state index contributed by atoms with van der Waals surface area (Å²) in [5.74, 6) is -1.30. The molecule has 2 aromatic rings. The van der Waals surface area contributed by atoms with Crippen LogP contribution in [0, 0.1) is 5.92 Å².